The summed E-state index contributed by atoms with van der Waals surface area (Å²) in [5.74, 6) is 0. The molecular formula is C25H18S. The zero-order valence-corrected chi connectivity index (χ0v) is 15.4. The molecule has 0 nitrogen and oxygen atoms in total. The summed E-state index contributed by atoms with van der Waals surface area (Å²) in [6.45, 7) is 2.18. The van der Waals surface area contributed by atoms with E-state index in [0.717, 1.165) is 0 Å². The van der Waals surface area contributed by atoms with Gasteiger partial charge in [0, 0.05) is 20.2 Å². The van der Waals surface area contributed by atoms with Crippen LogP contribution < -0.4 is 0 Å². The van der Waals surface area contributed by atoms with Crippen LogP contribution in [0.3, 0.4) is 0 Å². The summed E-state index contributed by atoms with van der Waals surface area (Å²) in [7, 11) is 0. The van der Waals surface area contributed by atoms with Crippen LogP contribution in [0.1, 0.15) is 5.56 Å². The van der Waals surface area contributed by atoms with E-state index in [1.54, 1.807) is 0 Å². The second kappa shape index (κ2) is 6.12. The molecule has 124 valence electrons. The summed E-state index contributed by atoms with van der Waals surface area (Å²) in [6, 6.07) is 32.9. The van der Waals surface area contributed by atoms with Crippen molar-refractivity contribution in [2.24, 2.45) is 0 Å². The SMILES string of the molecule is Cc1ccccc1-c1cccc(-c2cccc3c2sc2ccccc23)c1. The summed E-state index contributed by atoms with van der Waals surface area (Å²) in [5.41, 5.74) is 6.49. The fourth-order valence-corrected chi connectivity index (χ4v) is 4.96. The maximum atomic E-state index is 2.32. The predicted octanol–water partition coefficient (Wildman–Crippen LogP) is 7.70. The molecule has 0 spiro atoms. The number of hydrogen-bond acceptors (Lipinski definition) is 1. The van der Waals surface area contributed by atoms with Crippen molar-refractivity contribution in [3.05, 3.63) is 96.6 Å². The predicted molar refractivity (Wildman–Crippen MR) is 115 cm³/mol. The summed E-state index contributed by atoms with van der Waals surface area (Å²) < 4.78 is 2.72. The van der Waals surface area contributed by atoms with E-state index < -0.39 is 0 Å². The van der Waals surface area contributed by atoms with Gasteiger partial charge in [-0.25, -0.2) is 0 Å². The number of benzene rings is 4. The highest BCUT2D eigenvalue weighted by atomic mass is 32.1. The molecule has 0 fully saturated rings. The van der Waals surface area contributed by atoms with Crippen molar-refractivity contribution in [2.75, 3.05) is 0 Å². The topological polar surface area (TPSA) is 0 Å². The van der Waals surface area contributed by atoms with Crippen molar-refractivity contribution in [1.29, 1.82) is 0 Å². The number of fused-ring (bicyclic) bond motifs is 3. The van der Waals surface area contributed by atoms with E-state index in [9.17, 15) is 0 Å². The Balaban J connectivity index is 1.74. The van der Waals surface area contributed by atoms with Gasteiger partial charge in [0.05, 0.1) is 0 Å². The summed E-state index contributed by atoms with van der Waals surface area (Å²) in [5, 5.41) is 2.70. The van der Waals surface area contributed by atoms with E-state index in [1.807, 2.05) is 11.3 Å². The van der Waals surface area contributed by atoms with Gasteiger partial charge in [0.1, 0.15) is 0 Å². The zero-order valence-electron chi connectivity index (χ0n) is 14.6. The minimum atomic E-state index is 1.28. The van der Waals surface area contributed by atoms with Crippen molar-refractivity contribution in [3.8, 4) is 22.3 Å². The quantitative estimate of drug-likeness (QED) is 0.306. The van der Waals surface area contributed by atoms with Gasteiger partial charge >= 0.3 is 0 Å². The molecule has 0 aliphatic rings. The molecule has 0 atom stereocenters. The highest BCUT2D eigenvalue weighted by molar-refractivity contribution is 7.26. The second-order valence-corrected chi connectivity index (χ2v) is 7.73. The van der Waals surface area contributed by atoms with Crippen LogP contribution in [-0.4, -0.2) is 0 Å². The molecule has 5 rings (SSSR count). The Morgan fingerprint density at radius 1 is 0.577 bits per heavy atom. The summed E-state index contributed by atoms with van der Waals surface area (Å²) in [6.07, 6.45) is 0. The van der Waals surface area contributed by atoms with Gasteiger partial charge in [0.2, 0.25) is 0 Å². The molecular weight excluding hydrogens is 332 g/mol. The Bertz CT molecular complexity index is 1240. The van der Waals surface area contributed by atoms with Crippen LogP contribution in [0.15, 0.2) is 91.0 Å². The minimum Gasteiger partial charge on any atom is -0.135 e. The van der Waals surface area contributed by atoms with Gasteiger partial charge < -0.3 is 0 Å². The van der Waals surface area contributed by atoms with Crippen LogP contribution in [0.5, 0.6) is 0 Å². The van der Waals surface area contributed by atoms with Crippen LogP contribution >= 0.6 is 11.3 Å². The third-order valence-corrected chi connectivity index (χ3v) is 6.25. The lowest BCUT2D eigenvalue weighted by Crippen LogP contribution is -1.84. The first-order chi connectivity index (χ1) is 12.8. The van der Waals surface area contributed by atoms with E-state index in [1.165, 1.54) is 48.0 Å². The van der Waals surface area contributed by atoms with Gasteiger partial charge in [-0.15, -0.1) is 11.3 Å². The first-order valence-corrected chi connectivity index (χ1v) is 9.69. The van der Waals surface area contributed by atoms with E-state index in [2.05, 4.69) is 97.9 Å². The number of rotatable bonds is 2. The van der Waals surface area contributed by atoms with Gasteiger partial charge in [-0.1, -0.05) is 78.9 Å². The molecule has 0 saturated heterocycles. The maximum absolute atomic E-state index is 2.32. The molecule has 1 heteroatoms. The van der Waals surface area contributed by atoms with E-state index in [4.69, 9.17) is 0 Å². The molecule has 0 amide bonds. The van der Waals surface area contributed by atoms with Crippen molar-refractivity contribution >= 4 is 31.5 Å². The normalized spacial score (nSPS) is 11.3. The average molecular weight is 350 g/mol. The van der Waals surface area contributed by atoms with E-state index in [0.29, 0.717) is 0 Å². The van der Waals surface area contributed by atoms with E-state index in [-0.39, 0.29) is 0 Å². The highest BCUT2D eigenvalue weighted by Gasteiger charge is 2.11. The first kappa shape index (κ1) is 15.4. The van der Waals surface area contributed by atoms with Crippen LogP contribution in [-0.2, 0) is 0 Å². The fourth-order valence-electron chi connectivity index (χ4n) is 3.73. The third-order valence-electron chi connectivity index (χ3n) is 5.03. The Labute approximate surface area is 157 Å². The molecule has 0 unspecified atom stereocenters. The molecule has 5 aromatic rings. The van der Waals surface area contributed by atoms with Crippen molar-refractivity contribution < 1.29 is 0 Å². The lowest BCUT2D eigenvalue weighted by atomic mass is 9.96. The summed E-state index contributed by atoms with van der Waals surface area (Å²) in [4.78, 5) is 0. The molecule has 0 N–H and O–H groups in total. The van der Waals surface area contributed by atoms with Crippen LogP contribution in [0.25, 0.3) is 42.4 Å². The second-order valence-electron chi connectivity index (χ2n) is 6.68. The Morgan fingerprint density at radius 3 is 2.12 bits per heavy atom. The molecule has 0 radical (unpaired) electrons. The van der Waals surface area contributed by atoms with Gasteiger partial charge in [-0.3, -0.25) is 0 Å². The molecule has 0 aliphatic heterocycles. The largest absolute Gasteiger partial charge is 0.135 e. The van der Waals surface area contributed by atoms with Crippen LogP contribution in [0.2, 0.25) is 0 Å². The monoisotopic (exact) mass is 350 g/mol. The number of aryl methyl sites for hydroxylation is 1. The number of hydrogen-bond donors (Lipinski definition) is 0. The standard InChI is InChI=1S/C25H18S/c1-17-8-2-3-11-20(17)18-9-6-10-19(16-18)21-13-7-14-23-22-12-4-5-15-24(22)26-25(21)23/h2-16H,1H3. The summed E-state index contributed by atoms with van der Waals surface area (Å²) >= 11 is 1.89. The van der Waals surface area contributed by atoms with Crippen molar-refractivity contribution in [2.45, 2.75) is 6.92 Å². The lowest BCUT2D eigenvalue weighted by Gasteiger charge is -2.09. The molecule has 0 aliphatic carbocycles. The molecule has 1 aromatic heterocycles. The minimum absolute atomic E-state index is 1.28. The van der Waals surface area contributed by atoms with Crippen LogP contribution in [0.4, 0.5) is 0 Å². The zero-order chi connectivity index (χ0) is 17.5. The Hall–Kier alpha value is -2.90. The maximum Gasteiger partial charge on any atom is 0.0433 e. The molecule has 1 heterocycles. The molecule has 26 heavy (non-hydrogen) atoms. The van der Waals surface area contributed by atoms with Gasteiger partial charge in [-0.05, 0) is 46.9 Å². The fraction of sp³-hybridized carbons (Fsp3) is 0.0400. The molecule has 0 bridgehead atoms. The van der Waals surface area contributed by atoms with Gasteiger partial charge in [0.25, 0.3) is 0 Å². The lowest BCUT2D eigenvalue weighted by molar-refractivity contribution is 1.46. The smallest absolute Gasteiger partial charge is 0.0433 e. The van der Waals surface area contributed by atoms with Crippen molar-refractivity contribution in [1.82, 2.24) is 0 Å². The van der Waals surface area contributed by atoms with Crippen molar-refractivity contribution in [3.63, 3.8) is 0 Å². The number of thiophene rings is 1. The third kappa shape index (κ3) is 2.44. The highest BCUT2D eigenvalue weighted by Crippen LogP contribution is 2.40. The molecule has 0 saturated carbocycles. The van der Waals surface area contributed by atoms with Crippen LogP contribution in [0, 0.1) is 6.92 Å². The Morgan fingerprint density at radius 2 is 1.23 bits per heavy atom. The first-order valence-electron chi connectivity index (χ1n) is 8.88. The van der Waals surface area contributed by atoms with E-state index >= 15 is 0 Å². The average Bonchev–Trinajstić information content (AvgIpc) is 3.07. The van der Waals surface area contributed by atoms with Gasteiger partial charge in [0.15, 0.2) is 0 Å². The van der Waals surface area contributed by atoms with Gasteiger partial charge in [-0.2, -0.15) is 0 Å². The Kier molecular flexibility index (Phi) is 3.62. The molecule has 4 aromatic carbocycles.